The van der Waals surface area contributed by atoms with Crippen molar-refractivity contribution in [1.29, 1.82) is 0 Å². The van der Waals surface area contributed by atoms with Gasteiger partial charge in [0.1, 0.15) is 12.4 Å². The van der Waals surface area contributed by atoms with E-state index in [1.165, 1.54) is 24.0 Å². The molecular weight excluding hydrogens is 270 g/mol. The fourth-order valence-electron chi connectivity index (χ4n) is 2.63. The molecule has 2 heteroatoms. The van der Waals surface area contributed by atoms with Crippen LogP contribution in [0.25, 0.3) is 0 Å². The predicted molar refractivity (Wildman–Crippen MR) is 93.6 cm³/mol. The van der Waals surface area contributed by atoms with Crippen molar-refractivity contribution >= 4 is 0 Å². The van der Waals surface area contributed by atoms with Crippen LogP contribution in [-0.4, -0.2) is 19.2 Å². The number of hydrogen-bond donors (Lipinski definition) is 1. The van der Waals surface area contributed by atoms with Gasteiger partial charge in [0.05, 0.1) is 0 Å². The Morgan fingerprint density at radius 1 is 0.955 bits per heavy atom. The van der Waals surface area contributed by atoms with Gasteiger partial charge in [0.15, 0.2) is 0 Å². The minimum atomic E-state index is 0.527. The number of rotatable bonds is 5. The average molecular weight is 297 g/mol. The van der Waals surface area contributed by atoms with E-state index in [9.17, 15) is 0 Å². The zero-order valence-corrected chi connectivity index (χ0v) is 13.7. The van der Waals surface area contributed by atoms with Crippen LogP contribution in [0.1, 0.15) is 37.8 Å². The van der Waals surface area contributed by atoms with Gasteiger partial charge < -0.3 is 10.1 Å². The standard InChI is InChI=1S/C18H21NO.C2H6/c1-2-5-15(6-3-1)13-16-8-10-18(11-9-16)20-14-17-7-4-12-19-17;1-2/h1-3,5-6,8-11,17,19H,4,7,12-14H2;1-2H3. The molecule has 22 heavy (non-hydrogen) atoms. The lowest BCUT2D eigenvalue weighted by Crippen LogP contribution is -2.28. The van der Waals surface area contributed by atoms with Gasteiger partial charge >= 0.3 is 0 Å². The van der Waals surface area contributed by atoms with Crippen LogP contribution < -0.4 is 10.1 Å². The summed E-state index contributed by atoms with van der Waals surface area (Å²) in [7, 11) is 0. The van der Waals surface area contributed by atoms with Crippen molar-refractivity contribution in [2.24, 2.45) is 0 Å². The normalized spacial score (nSPS) is 16.7. The molecule has 0 aliphatic carbocycles. The molecular formula is C20H27NO. The third-order valence-electron chi connectivity index (χ3n) is 3.79. The molecule has 1 atom stereocenters. The molecule has 0 saturated carbocycles. The van der Waals surface area contributed by atoms with Crippen LogP contribution >= 0.6 is 0 Å². The Balaban J connectivity index is 0.000000847. The lowest BCUT2D eigenvalue weighted by Gasteiger charge is -2.12. The lowest BCUT2D eigenvalue weighted by molar-refractivity contribution is 0.277. The molecule has 1 aliphatic heterocycles. The summed E-state index contributed by atoms with van der Waals surface area (Å²) >= 11 is 0. The monoisotopic (exact) mass is 297 g/mol. The molecule has 0 spiro atoms. The van der Waals surface area contributed by atoms with E-state index in [0.717, 1.165) is 25.3 Å². The van der Waals surface area contributed by atoms with Crippen LogP contribution in [-0.2, 0) is 6.42 Å². The first kappa shape index (κ1) is 16.6. The third kappa shape index (κ3) is 5.19. The Hall–Kier alpha value is -1.80. The van der Waals surface area contributed by atoms with Crippen molar-refractivity contribution in [3.05, 3.63) is 65.7 Å². The largest absolute Gasteiger partial charge is 0.492 e. The van der Waals surface area contributed by atoms with Crippen molar-refractivity contribution < 1.29 is 4.74 Å². The molecule has 0 radical (unpaired) electrons. The van der Waals surface area contributed by atoms with Gasteiger partial charge in [-0.25, -0.2) is 0 Å². The maximum atomic E-state index is 5.83. The molecule has 2 aromatic carbocycles. The summed E-state index contributed by atoms with van der Waals surface area (Å²) in [4.78, 5) is 0. The van der Waals surface area contributed by atoms with E-state index in [-0.39, 0.29) is 0 Å². The minimum absolute atomic E-state index is 0.527. The van der Waals surface area contributed by atoms with Gasteiger partial charge in [0.2, 0.25) is 0 Å². The van der Waals surface area contributed by atoms with Gasteiger partial charge in [-0.15, -0.1) is 0 Å². The molecule has 118 valence electrons. The third-order valence-corrected chi connectivity index (χ3v) is 3.79. The second kappa shape index (κ2) is 9.26. The summed E-state index contributed by atoms with van der Waals surface area (Å²) in [6, 6.07) is 19.5. The summed E-state index contributed by atoms with van der Waals surface area (Å²) in [5, 5.41) is 3.45. The quantitative estimate of drug-likeness (QED) is 0.881. The van der Waals surface area contributed by atoms with Crippen LogP contribution in [0.5, 0.6) is 5.75 Å². The molecule has 3 rings (SSSR count). The van der Waals surface area contributed by atoms with Gasteiger partial charge in [-0.3, -0.25) is 0 Å². The first-order valence-corrected chi connectivity index (χ1v) is 8.39. The fourth-order valence-corrected chi connectivity index (χ4v) is 2.63. The highest BCUT2D eigenvalue weighted by Crippen LogP contribution is 2.16. The molecule has 1 saturated heterocycles. The Morgan fingerprint density at radius 3 is 2.27 bits per heavy atom. The maximum Gasteiger partial charge on any atom is 0.119 e. The molecule has 0 aromatic heterocycles. The maximum absolute atomic E-state index is 5.83. The highest BCUT2D eigenvalue weighted by Gasteiger charge is 2.14. The zero-order chi connectivity index (χ0) is 15.6. The summed E-state index contributed by atoms with van der Waals surface area (Å²) in [5.74, 6) is 0.968. The Morgan fingerprint density at radius 2 is 1.64 bits per heavy atom. The Labute approximate surface area is 134 Å². The van der Waals surface area contributed by atoms with E-state index in [4.69, 9.17) is 4.74 Å². The Bertz CT molecular complexity index is 515. The molecule has 2 aromatic rings. The Kier molecular flexibility index (Phi) is 6.98. The zero-order valence-electron chi connectivity index (χ0n) is 13.7. The van der Waals surface area contributed by atoms with Gasteiger partial charge in [0.25, 0.3) is 0 Å². The first-order chi connectivity index (χ1) is 10.9. The summed E-state index contributed by atoms with van der Waals surface area (Å²) in [6.07, 6.45) is 3.47. The SMILES string of the molecule is CC.c1ccc(Cc2ccc(OCC3CCCN3)cc2)cc1. The second-order valence-electron chi connectivity index (χ2n) is 5.41. The van der Waals surface area contributed by atoms with Crippen LogP contribution in [0.3, 0.4) is 0 Å². The average Bonchev–Trinajstić information content (AvgIpc) is 3.11. The van der Waals surface area contributed by atoms with Crippen LogP contribution in [0.2, 0.25) is 0 Å². The molecule has 1 N–H and O–H groups in total. The van der Waals surface area contributed by atoms with E-state index in [2.05, 4.69) is 59.9 Å². The van der Waals surface area contributed by atoms with E-state index in [1.54, 1.807) is 0 Å². The summed E-state index contributed by atoms with van der Waals surface area (Å²) < 4.78 is 5.83. The molecule has 1 heterocycles. The van der Waals surface area contributed by atoms with Crippen LogP contribution in [0, 0.1) is 0 Å². The lowest BCUT2D eigenvalue weighted by atomic mass is 10.1. The summed E-state index contributed by atoms with van der Waals surface area (Å²) in [5.41, 5.74) is 2.67. The molecule has 2 nitrogen and oxygen atoms in total. The second-order valence-corrected chi connectivity index (χ2v) is 5.41. The molecule has 0 amide bonds. The molecule has 1 fully saturated rings. The molecule has 0 bridgehead atoms. The van der Waals surface area contributed by atoms with Gasteiger partial charge in [-0.05, 0) is 49.1 Å². The van der Waals surface area contributed by atoms with E-state index in [1.807, 2.05) is 13.8 Å². The van der Waals surface area contributed by atoms with Gasteiger partial charge in [-0.2, -0.15) is 0 Å². The number of hydrogen-bond acceptors (Lipinski definition) is 2. The van der Waals surface area contributed by atoms with E-state index < -0.39 is 0 Å². The fraction of sp³-hybridized carbons (Fsp3) is 0.400. The van der Waals surface area contributed by atoms with Crippen molar-refractivity contribution in [2.45, 2.75) is 39.2 Å². The van der Waals surface area contributed by atoms with Gasteiger partial charge in [-0.1, -0.05) is 56.3 Å². The van der Waals surface area contributed by atoms with Crippen molar-refractivity contribution in [3.63, 3.8) is 0 Å². The van der Waals surface area contributed by atoms with Crippen LogP contribution in [0.15, 0.2) is 54.6 Å². The molecule has 1 aliphatic rings. The topological polar surface area (TPSA) is 21.3 Å². The summed E-state index contributed by atoms with van der Waals surface area (Å²) in [6.45, 7) is 5.90. The number of ether oxygens (including phenoxy) is 1. The smallest absolute Gasteiger partial charge is 0.119 e. The number of benzene rings is 2. The van der Waals surface area contributed by atoms with Crippen molar-refractivity contribution in [3.8, 4) is 5.75 Å². The molecule has 1 unspecified atom stereocenters. The van der Waals surface area contributed by atoms with Crippen molar-refractivity contribution in [2.75, 3.05) is 13.2 Å². The first-order valence-electron chi connectivity index (χ1n) is 8.39. The van der Waals surface area contributed by atoms with E-state index >= 15 is 0 Å². The highest BCUT2D eigenvalue weighted by atomic mass is 16.5. The van der Waals surface area contributed by atoms with Crippen LogP contribution in [0.4, 0.5) is 0 Å². The van der Waals surface area contributed by atoms with E-state index in [0.29, 0.717) is 6.04 Å². The van der Waals surface area contributed by atoms with Crippen molar-refractivity contribution in [1.82, 2.24) is 5.32 Å². The number of nitrogens with one attached hydrogen (secondary N) is 1. The van der Waals surface area contributed by atoms with Gasteiger partial charge in [0, 0.05) is 6.04 Å². The minimum Gasteiger partial charge on any atom is -0.492 e. The predicted octanol–water partition coefficient (Wildman–Crippen LogP) is 4.43. The highest BCUT2D eigenvalue weighted by molar-refractivity contribution is 5.31.